The van der Waals surface area contributed by atoms with Crippen LogP contribution < -0.4 is 10.6 Å². The molecule has 2 unspecified atom stereocenters. The second kappa shape index (κ2) is 7.72. The Bertz CT molecular complexity index is 737. The lowest BCUT2D eigenvalue weighted by molar-refractivity contribution is 0.232. The molecule has 2 amide bonds. The van der Waals surface area contributed by atoms with E-state index in [0.29, 0.717) is 12.5 Å². The van der Waals surface area contributed by atoms with Crippen LogP contribution in [-0.4, -0.2) is 21.9 Å². The van der Waals surface area contributed by atoms with Crippen LogP contribution in [0, 0.1) is 19.8 Å². The second-order valence-electron chi connectivity index (χ2n) is 7.25. The summed E-state index contributed by atoms with van der Waals surface area (Å²) in [7, 11) is 0. The minimum Gasteiger partial charge on any atom is -0.335 e. The molecular formula is C20H28N4O. The van der Waals surface area contributed by atoms with E-state index < -0.39 is 0 Å². The minimum atomic E-state index is -0.109. The Kier molecular flexibility index (Phi) is 5.41. The molecule has 0 saturated heterocycles. The maximum absolute atomic E-state index is 12.3. The van der Waals surface area contributed by atoms with Gasteiger partial charge < -0.3 is 10.6 Å². The molecule has 5 heteroatoms. The Morgan fingerprint density at radius 3 is 2.76 bits per heavy atom. The summed E-state index contributed by atoms with van der Waals surface area (Å²) in [5, 5.41) is 10.6. The predicted molar refractivity (Wildman–Crippen MR) is 101 cm³/mol. The number of aryl methyl sites for hydroxylation is 2. The van der Waals surface area contributed by atoms with Crippen LogP contribution in [0.2, 0.25) is 0 Å². The quantitative estimate of drug-likeness (QED) is 0.874. The topological polar surface area (TPSA) is 59.0 Å². The van der Waals surface area contributed by atoms with Crippen molar-refractivity contribution in [3.8, 4) is 0 Å². The van der Waals surface area contributed by atoms with E-state index in [1.54, 1.807) is 0 Å². The number of aromatic nitrogens is 2. The Hall–Kier alpha value is -2.30. The summed E-state index contributed by atoms with van der Waals surface area (Å²) in [5.74, 6) is 0.553. The molecule has 25 heavy (non-hydrogen) atoms. The van der Waals surface area contributed by atoms with Gasteiger partial charge in [0.1, 0.15) is 0 Å². The average Bonchev–Trinajstić information content (AvgIpc) is 2.87. The maximum atomic E-state index is 12.3. The number of carbonyl (C=O) groups excluding carboxylic acids is 1. The Morgan fingerprint density at radius 1 is 1.24 bits per heavy atom. The summed E-state index contributed by atoms with van der Waals surface area (Å²) in [6.07, 6.45) is 4.75. The van der Waals surface area contributed by atoms with E-state index in [1.807, 2.05) is 29.8 Å². The molecule has 2 N–H and O–H groups in total. The highest BCUT2D eigenvalue weighted by molar-refractivity contribution is 5.89. The first-order valence-corrected chi connectivity index (χ1v) is 9.19. The first-order chi connectivity index (χ1) is 12.0. The summed E-state index contributed by atoms with van der Waals surface area (Å²) in [6.45, 7) is 6.98. The lowest BCUT2D eigenvalue weighted by atomic mass is 9.86. The molecular weight excluding hydrogens is 312 g/mol. The highest BCUT2D eigenvalue weighted by Gasteiger charge is 2.22. The van der Waals surface area contributed by atoms with Crippen molar-refractivity contribution < 1.29 is 4.79 Å². The molecule has 1 heterocycles. The number of urea groups is 1. The molecule has 1 aliphatic carbocycles. The van der Waals surface area contributed by atoms with Crippen molar-refractivity contribution in [2.75, 3.05) is 5.32 Å². The fraction of sp³-hybridized carbons (Fsp3) is 0.500. The van der Waals surface area contributed by atoms with Gasteiger partial charge in [-0.05, 0) is 56.4 Å². The van der Waals surface area contributed by atoms with Crippen molar-refractivity contribution >= 4 is 11.7 Å². The standard InChI is InChI=1S/C20H28N4O/c1-14-7-4-5-10-19(14)22-20(25)21-18-9-6-8-17(12-18)13-24-16(3)11-15(2)23-24/h6,8-9,11-12,14,19H,4-5,7,10,13H2,1-3H3,(H2,21,22,25). The van der Waals surface area contributed by atoms with Crippen LogP contribution in [-0.2, 0) is 6.54 Å². The van der Waals surface area contributed by atoms with Crippen molar-refractivity contribution in [2.24, 2.45) is 5.92 Å². The summed E-state index contributed by atoms with van der Waals surface area (Å²) >= 11 is 0. The third kappa shape index (κ3) is 4.62. The summed E-state index contributed by atoms with van der Waals surface area (Å²) in [5.41, 5.74) is 4.10. The maximum Gasteiger partial charge on any atom is 0.319 e. The molecule has 1 fully saturated rings. The van der Waals surface area contributed by atoms with E-state index >= 15 is 0 Å². The fourth-order valence-corrected chi connectivity index (χ4v) is 3.62. The van der Waals surface area contributed by atoms with E-state index in [9.17, 15) is 4.79 Å². The van der Waals surface area contributed by atoms with Gasteiger partial charge >= 0.3 is 6.03 Å². The molecule has 2 aromatic rings. The molecule has 2 atom stereocenters. The Balaban J connectivity index is 1.61. The largest absolute Gasteiger partial charge is 0.335 e. The highest BCUT2D eigenvalue weighted by atomic mass is 16.2. The van der Waals surface area contributed by atoms with Gasteiger partial charge in [-0.1, -0.05) is 31.9 Å². The van der Waals surface area contributed by atoms with Gasteiger partial charge in [0.05, 0.1) is 12.2 Å². The van der Waals surface area contributed by atoms with Gasteiger partial charge in [0.2, 0.25) is 0 Å². The Morgan fingerprint density at radius 2 is 2.04 bits per heavy atom. The van der Waals surface area contributed by atoms with Gasteiger partial charge in [0, 0.05) is 17.4 Å². The number of anilines is 1. The lowest BCUT2D eigenvalue weighted by Gasteiger charge is -2.29. The third-order valence-electron chi connectivity index (χ3n) is 5.05. The molecule has 0 spiro atoms. The third-order valence-corrected chi connectivity index (χ3v) is 5.05. The van der Waals surface area contributed by atoms with Crippen molar-refractivity contribution in [3.05, 3.63) is 47.3 Å². The van der Waals surface area contributed by atoms with Gasteiger partial charge in [0.25, 0.3) is 0 Å². The SMILES string of the molecule is Cc1cc(C)n(Cc2cccc(NC(=O)NC3CCCCC3C)c2)n1. The fourth-order valence-electron chi connectivity index (χ4n) is 3.62. The molecule has 1 aliphatic rings. The molecule has 5 nitrogen and oxygen atoms in total. The molecule has 1 aromatic carbocycles. The van der Waals surface area contributed by atoms with Crippen molar-refractivity contribution in [2.45, 2.75) is 59.0 Å². The van der Waals surface area contributed by atoms with Crippen molar-refractivity contribution in [1.29, 1.82) is 0 Å². The highest BCUT2D eigenvalue weighted by Crippen LogP contribution is 2.23. The monoisotopic (exact) mass is 340 g/mol. The first-order valence-electron chi connectivity index (χ1n) is 9.19. The average molecular weight is 340 g/mol. The molecule has 0 bridgehead atoms. The zero-order valence-electron chi connectivity index (χ0n) is 15.4. The van der Waals surface area contributed by atoms with Gasteiger partial charge in [0.15, 0.2) is 0 Å². The van der Waals surface area contributed by atoms with Gasteiger partial charge in [-0.25, -0.2) is 4.79 Å². The lowest BCUT2D eigenvalue weighted by Crippen LogP contribution is -2.43. The van der Waals surface area contributed by atoms with Crippen LogP contribution in [0.1, 0.15) is 49.6 Å². The summed E-state index contributed by atoms with van der Waals surface area (Å²) in [4.78, 5) is 12.3. The molecule has 134 valence electrons. The number of hydrogen-bond donors (Lipinski definition) is 2. The second-order valence-corrected chi connectivity index (χ2v) is 7.25. The van der Waals surface area contributed by atoms with Crippen molar-refractivity contribution in [1.82, 2.24) is 15.1 Å². The van der Waals surface area contributed by atoms with E-state index in [-0.39, 0.29) is 12.1 Å². The van der Waals surface area contributed by atoms with Crippen molar-refractivity contribution in [3.63, 3.8) is 0 Å². The van der Waals surface area contributed by atoms with E-state index in [0.717, 1.165) is 29.1 Å². The number of nitrogens with zero attached hydrogens (tertiary/aromatic N) is 2. The first kappa shape index (κ1) is 17.5. The number of hydrogen-bond acceptors (Lipinski definition) is 2. The number of rotatable bonds is 4. The van der Waals surface area contributed by atoms with Crippen LogP contribution >= 0.6 is 0 Å². The summed E-state index contributed by atoms with van der Waals surface area (Å²) in [6, 6.07) is 10.2. The molecule has 3 rings (SSSR count). The normalized spacial score (nSPS) is 20.3. The van der Waals surface area contributed by atoms with Gasteiger partial charge in [-0.2, -0.15) is 5.10 Å². The number of amides is 2. The van der Waals surface area contributed by atoms with Crippen LogP contribution in [0.4, 0.5) is 10.5 Å². The predicted octanol–water partition coefficient (Wildman–Crippen LogP) is 4.25. The van der Waals surface area contributed by atoms with E-state index in [4.69, 9.17) is 0 Å². The zero-order valence-corrected chi connectivity index (χ0v) is 15.4. The summed E-state index contributed by atoms with van der Waals surface area (Å²) < 4.78 is 1.98. The van der Waals surface area contributed by atoms with E-state index in [2.05, 4.69) is 41.7 Å². The van der Waals surface area contributed by atoms with Crippen LogP contribution in [0.5, 0.6) is 0 Å². The van der Waals surface area contributed by atoms with Crippen LogP contribution in [0.3, 0.4) is 0 Å². The van der Waals surface area contributed by atoms with E-state index in [1.165, 1.54) is 19.3 Å². The molecule has 1 aromatic heterocycles. The van der Waals surface area contributed by atoms with Crippen LogP contribution in [0.15, 0.2) is 30.3 Å². The zero-order chi connectivity index (χ0) is 17.8. The number of carbonyl (C=O) groups is 1. The van der Waals surface area contributed by atoms with Crippen LogP contribution in [0.25, 0.3) is 0 Å². The van der Waals surface area contributed by atoms with Gasteiger partial charge in [-0.15, -0.1) is 0 Å². The molecule has 0 aliphatic heterocycles. The Labute approximate surface area is 149 Å². The molecule has 0 radical (unpaired) electrons. The minimum absolute atomic E-state index is 0.109. The molecule has 1 saturated carbocycles. The van der Waals surface area contributed by atoms with Gasteiger partial charge in [-0.3, -0.25) is 4.68 Å². The smallest absolute Gasteiger partial charge is 0.319 e. The number of benzene rings is 1. The number of nitrogens with one attached hydrogen (secondary N) is 2.